The van der Waals surface area contributed by atoms with E-state index in [1.807, 2.05) is 6.07 Å². The Bertz CT molecular complexity index is 411. The maximum Gasteiger partial charge on any atom is 0.213 e. The van der Waals surface area contributed by atoms with Crippen LogP contribution in [0.5, 0.6) is 5.88 Å². The van der Waals surface area contributed by atoms with Crippen molar-refractivity contribution in [1.82, 2.24) is 4.98 Å². The fourth-order valence-corrected chi connectivity index (χ4v) is 1.63. The summed E-state index contributed by atoms with van der Waals surface area (Å²) in [6.07, 6.45) is 0. The molecular formula is C16H27NO3. The van der Waals surface area contributed by atoms with Gasteiger partial charge in [-0.2, -0.15) is 0 Å². The van der Waals surface area contributed by atoms with Crippen molar-refractivity contribution in [2.75, 3.05) is 19.8 Å². The molecule has 0 radical (unpaired) electrons. The Hall–Kier alpha value is -1.13. The van der Waals surface area contributed by atoms with Gasteiger partial charge in [-0.1, -0.05) is 34.6 Å². The van der Waals surface area contributed by atoms with E-state index in [0.717, 1.165) is 17.9 Å². The Kier molecular flexibility index (Phi) is 6.43. The standard InChI is InChI=1S/C16H27NO3/c1-12(2)11-19-6-7-20-15-9-13(10-18)8-14(17-15)16(3,4)5/h8-9,12,18H,6-7,10-11H2,1-5H3. The molecule has 1 rings (SSSR count). The van der Waals surface area contributed by atoms with Gasteiger partial charge in [0.15, 0.2) is 0 Å². The summed E-state index contributed by atoms with van der Waals surface area (Å²) in [6, 6.07) is 3.69. The molecule has 0 atom stereocenters. The highest BCUT2D eigenvalue weighted by molar-refractivity contribution is 5.28. The fourth-order valence-electron chi connectivity index (χ4n) is 1.63. The van der Waals surface area contributed by atoms with E-state index in [9.17, 15) is 5.11 Å². The third-order valence-corrected chi connectivity index (χ3v) is 2.74. The molecule has 1 N–H and O–H groups in total. The number of nitrogens with zero attached hydrogens (tertiary/aromatic N) is 1. The number of ether oxygens (including phenoxy) is 2. The highest BCUT2D eigenvalue weighted by atomic mass is 16.5. The first-order valence-corrected chi connectivity index (χ1v) is 7.15. The predicted molar refractivity (Wildman–Crippen MR) is 80.0 cm³/mol. The topological polar surface area (TPSA) is 51.6 Å². The van der Waals surface area contributed by atoms with Crippen LogP contribution < -0.4 is 4.74 Å². The van der Waals surface area contributed by atoms with Crippen molar-refractivity contribution in [1.29, 1.82) is 0 Å². The van der Waals surface area contributed by atoms with Crippen molar-refractivity contribution >= 4 is 0 Å². The molecule has 0 aliphatic carbocycles. The van der Waals surface area contributed by atoms with E-state index in [4.69, 9.17) is 9.47 Å². The predicted octanol–water partition coefficient (Wildman–Crippen LogP) is 2.92. The molecule has 114 valence electrons. The zero-order valence-electron chi connectivity index (χ0n) is 13.3. The molecule has 4 heteroatoms. The number of hydrogen-bond acceptors (Lipinski definition) is 4. The van der Waals surface area contributed by atoms with Gasteiger partial charge in [-0.25, -0.2) is 4.98 Å². The number of rotatable bonds is 7. The van der Waals surface area contributed by atoms with Crippen molar-refractivity contribution in [3.05, 3.63) is 23.4 Å². The SMILES string of the molecule is CC(C)COCCOc1cc(CO)cc(C(C)(C)C)n1. The van der Waals surface area contributed by atoms with Gasteiger partial charge in [-0.05, 0) is 17.5 Å². The van der Waals surface area contributed by atoms with Crippen molar-refractivity contribution in [2.24, 2.45) is 5.92 Å². The van der Waals surface area contributed by atoms with Gasteiger partial charge in [0.05, 0.1) is 18.9 Å². The molecule has 0 saturated heterocycles. The zero-order chi connectivity index (χ0) is 15.2. The lowest BCUT2D eigenvalue weighted by Crippen LogP contribution is -2.16. The second kappa shape index (κ2) is 7.60. The smallest absolute Gasteiger partial charge is 0.213 e. The Morgan fingerprint density at radius 3 is 2.45 bits per heavy atom. The molecule has 20 heavy (non-hydrogen) atoms. The van der Waals surface area contributed by atoms with Crippen LogP contribution in [0.3, 0.4) is 0 Å². The van der Waals surface area contributed by atoms with Crippen LogP contribution in [0.2, 0.25) is 0 Å². The molecule has 0 spiro atoms. The zero-order valence-corrected chi connectivity index (χ0v) is 13.3. The molecule has 0 aliphatic rings. The number of pyridine rings is 1. The summed E-state index contributed by atoms with van der Waals surface area (Å²) in [5, 5.41) is 9.31. The van der Waals surface area contributed by atoms with Crippen LogP contribution in [0, 0.1) is 5.92 Å². The summed E-state index contributed by atoms with van der Waals surface area (Å²) < 4.78 is 11.1. The van der Waals surface area contributed by atoms with Crippen LogP contribution in [0.4, 0.5) is 0 Å². The molecule has 0 bridgehead atoms. The number of aliphatic hydroxyl groups is 1. The largest absolute Gasteiger partial charge is 0.475 e. The summed E-state index contributed by atoms with van der Waals surface area (Å²) in [5.74, 6) is 1.08. The molecule has 0 aromatic carbocycles. The van der Waals surface area contributed by atoms with Gasteiger partial charge in [0.2, 0.25) is 5.88 Å². The number of aliphatic hydroxyl groups excluding tert-OH is 1. The normalized spacial score (nSPS) is 11.9. The summed E-state index contributed by atoms with van der Waals surface area (Å²) in [5.41, 5.74) is 1.67. The fraction of sp³-hybridized carbons (Fsp3) is 0.688. The van der Waals surface area contributed by atoms with Crippen LogP contribution in [-0.4, -0.2) is 29.9 Å². The van der Waals surface area contributed by atoms with Crippen molar-refractivity contribution < 1.29 is 14.6 Å². The van der Waals surface area contributed by atoms with E-state index < -0.39 is 0 Å². The average Bonchev–Trinajstić information content (AvgIpc) is 2.36. The van der Waals surface area contributed by atoms with Gasteiger partial charge in [0.25, 0.3) is 0 Å². The van der Waals surface area contributed by atoms with Gasteiger partial charge in [-0.15, -0.1) is 0 Å². The van der Waals surface area contributed by atoms with E-state index in [-0.39, 0.29) is 12.0 Å². The maximum absolute atomic E-state index is 9.31. The molecule has 1 aromatic heterocycles. The highest BCUT2D eigenvalue weighted by Gasteiger charge is 2.17. The Labute approximate surface area is 122 Å². The van der Waals surface area contributed by atoms with Crippen LogP contribution in [0.25, 0.3) is 0 Å². The first kappa shape index (κ1) is 16.9. The lowest BCUT2D eigenvalue weighted by atomic mass is 9.91. The molecule has 1 aromatic rings. The second-order valence-corrected chi connectivity index (χ2v) is 6.42. The maximum atomic E-state index is 9.31. The molecular weight excluding hydrogens is 254 g/mol. The van der Waals surface area contributed by atoms with E-state index in [2.05, 4.69) is 39.6 Å². The minimum atomic E-state index is -0.0720. The summed E-state index contributed by atoms with van der Waals surface area (Å²) in [4.78, 5) is 4.50. The average molecular weight is 281 g/mol. The van der Waals surface area contributed by atoms with Gasteiger partial charge in [0.1, 0.15) is 6.61 Å². The van der Waals surface area contributed by atoms with E-state index >= 15 is 0 Å². The number of aromatic nitrogens is 1. The summed E-state index contributed by atoms with van der Waals surface area (Å²) >= 11 is 0. The highest BCUT2D eigenvalue weighted by Crippen LogP contribution is 2.24. The van der Waals surface area contributed by atoms with Gasteiger partial charge >= 0.3 is 0 Å². The van der Waals surface area contributed by atoms with Crippen molar-refractivity contribution in [3.63, 3.8) is 0 Å². The van der Waals surface area contributed by atoms with Crippen LogP contribution in [0.15, 0.2) is 12.1 Å². The Morgan fingerprint density at radius 2 is 1.90 bits per heavy atom. The van der Waals surface area contributed by atoms with Gasteiger partial charge in [-0.3, -0.25) is 0 Å². The third-order valence-electron chi connectivity index (χ3n) is 2.74. The lowest BCUT2D eigenvalue weighted by Gasteiger charge is -2.19. The van der Waals surface area contributed by atoms with Gasteiger partial charge < -0.3 is 14.6 Å². The molecule has 0 aliphatic heterocycles. The second-order valence-electron chi connectivity index (χ2n) is 6.42. The minimum Gasteiger partial charge on any atom is -0.475 e. The monoisotopic (exact) mass is 281 g/mol. The van der Waals surface area contributed by atoms with Gasteiger partial charge in [0, 0.05) is 18.1 Å². The first-order chi connectivity index (χ1) is 9.32. The van der Waals surface area contributed by atoms with Crippen molar-refractivity contribution in [3.8, 4) is 5.88 Å². The lowest BCUT2D eigenvalue weighted by molar-refractivity contribution is 0.0804. The Balaban J connectivity index is 2.61. The molecule has 0 amide bonds. The van der Waals surface area contributed by atoms with Crippen molar-refractivity contribution in [2.45, 2.75) is 46.6 Å². The first-order valence-electron chi connectivity index (χ1n) is 7.15. The van der Waals surface area contributed by atoms with Crippen LogP contribution in [-0.2, 0) is 16.8 Å². The molecule has 4 nitrogen and oxygen atoms in total. The quantitative estimate of drug-likeness (QED) is 0.781. The third kappa shape index (κ3) is 5.88. The van der Waals surface area contributed by atoms with Crippen LogP contribution in [0.1, 0.15) is 45.9 Å². The molecule has 0 unspecified atom stereocenters. The Morgan fingerprint density at radius 1 is 1.20 bits per heavy atom. The molecule has 1 heterocycles. The molecule has 0 saturated carbocycles. The minimum absolute atomic E-state index is 0.00813. The van der Waals surface area contributed by atoms with E-state index in [1.54, 1.807) is 6.07 Å². The summed E-state index contributed by atoms with van der Waals surface area (Å²) in [7, 11) is 0. The van der Waals surface area contributed by atoms with Crippen LogP contribution >= 0.6 is 0 Å². The van der Waals surface area contributed by atoms with E-state index in [1.165, 1.54) is 0 Å². The van der Waals surface area contributed by atoms with E-state index in [0.29, 0.717) is 25.0 Å². The summed E-state index contributed by atoms with van der Waals surface area (Å²) in [6.45, 7) is 12.2. The number of hydrogen-bond donors (Lipinski definition) is 1. The molecule has 0 fully saturated rings.